The Bertz CT molecular complexity index is 1660. The summed E-state index contributed by atoms with van der Waals surface area (Å²) in [6.07, 6.45) is 6.36. The fourth-order valence-corrected chi connectivity index (χ4v) is 5.10. The fraction of sp³-hybridized carbons (Fsp3) is 0.276. The number of allylic oxidation sites excluding steroid dienone is 1. The summed E-state index contributed by atoms with van der Waals surface area (Å²) in [5, 5.41) is 5.39. The van der Waals surface area contributed by atoms with E-state index in [9.17, 15) is 18.4 Å². The van der Waals surface area contributed by atoms with Crippen molar-refractivity contribution in [3.05, 3.63) is 72.1 Å². The van der Waals surface area contributed by atoms with E-state index in [2.05, 4.69) is 9.97 Å². The summed E-state index contributed by atoms with van der Waals surface area (Å²) in [6.45, 7) is 0.813. The van der Waals surface area contributed by atoms with Crippen LogP contribution in [0.4, 0.5) is 14.6 Å². The van der Waals surface area contributed by atoms with Crippen LogP contribution in [0.2, 0.25) is 0 Å². The van der Waals surface area contributed by atoms with E-state index >= 15 is 0 Å². The van der Waals surface area contributed by atoms with E-state index in [1.165, 1.54) is 12.4 Å². The SMILES string of the molecule is NC(=O)/C(=C\C1CC1)C(=O)N1CCC[C@@H](n2nc(-c3ccc(Oc4c(F)cccc4F)cc3)c3c(N)ncnc32)C1. The molecular formula is C29H27F2N7O3. The van der Waals surface area contributed by atoms with Crippen LogP contribution >= 0.6 is 0 Å². The van der Waals surface area contributed by atoms with Crippen molar-refractivity contribution in [1.82, 2.24) is 24.6 Å². The van der Waals surface area contributed by atoms with Crippen molar-refractivity contribution >= 4 is 28.7 Å². The summed E-state index contributed by atoms with van der Waals surface area (Å²) < 4.78 is 35.3. The zero-order valence-electron chi connectivity index (χ0n) is 22.0. The zero-order valence-corrected chi connectivity index (χ0v) is 22.0. The monoisotopic (exact) mass is 559 g/mol. The van der Waals surface area contributed by atoms with Crippen LogP contribution in [0, 0.1) is 17.6 Å². The maximum atomic E-state index is 14.0. The first-order chi connectivity index (χ1) is 19.8. The van der Waals surface area contributed by atoms with Gasteiger partial charge in [0.25, 0.3) is 11.8 Å². The lowest BCUT2D eigenvalue weighted by atomic mass is 10.0. The molecule has 210 valence electrons. The van der Waals surface area contributed by atoms with E-state index in [0.29, 0.717) is 41.8 Å². The number of amides is 2. The van der Waals surface area contributed by atoms with Crippen LogP contribution in [0.5, 0.6) is 11.5 Å². The number of hydrogen-bond acceptors (Lipinski definition) is 7. The summed E-state index contributed by atoms with van der Waals surface area (Å²) in [5.74, 6) is -2.51. The number of aromatic nitrogens is 4. The van der Waals surface area contributed by atoms with Crippen molar-refractivity contribution < 1.29 is 23.1 Å². The highest BCUT2D eigenvalue weighted by Gasteiger charge is 2.32. The number of rotatable bonds is 7. The second-order valence-corrected chi connectivity index (χ2v) is 10.3. The van der Waals surface area contributed by atoms with Gasteiger partial charge >= 0.3 is 0 Å². The van der Waals surface area contributed by atoms with Gasteiger partial charge in [-0.1, -0.05) is 12.1 Å². The highest BCUT2D eigenvalue weighted by Crippen LogP contribution is 2.36. The van der Waals surface area contributed by atoms with Crippen molar-refractivity contribution in [3.63, 3.8) is 0 Å². The molecule has 4 N–H and O–H groups in total. The maximum absolute atomic E-state index is 14.0. The van der Waals surface area contributed by atoms with Gasteiger partial charge in [-0.3, -0.25) is 9.59 Å². The Morgan fingerprint density at radius 3 is 2.44 bits per heavy atom. The van der Waals surface area contributed by atoms with Gasteiger partial charge in [0.1, 0.15) is 29.2 Å². The van der Waals surface area contributed by atoms with Gasteiger partial charge in [0.2, 0.25) is 0 Å². The molecule has 1 aliphatic heterocycles. The third-order valence-electron chi connectivity index (χ3n) is 7.33. The van der Waals surface area contributed by atoms with Crippen LogP contribution < -0.4 is 16.2 Å². The summed E-state index contributed by atoms with van der Waals surface area (Å²) in [4.78, 5) is 35.5. The third kappa shape index (κ3) is 5.20. The number of carbonyl (C=O) groups excluding carboxylic acids is 2. The Morgan fingerprint density at radius 1 is 1.02 bits per heavy atom. The lowest BCUT2D eigenvalue weighted by molar-refractivity contribution is -0.131. The average Bonchev–Trinajstić information content (AvgIpc) is 3.71. The van der Waals surface area contributed by atoms with Gasteiger partial charge < -0.3 is 21.1 Å². The number of halogens is 2. The van der Waals surface area contributed by atoms with Gasteiger partial charge in [0, 0.05) is 18.7 Å². The molecule has 10 nitrogen and oxygen atoms in total. The molecule has 41 heavy (non-hydrogen) atoms. The Balaban J connectivity index is 1.30. The van der Waals surface area contributed by atoms with E-state index in [1.54, 1.807) is 39.9 Å². The van der Waals surface area contributed by atoms with Crippen LogP contribution in [0.15, 0.2) is 60.4 Å². The fourth-order valence-electron chi connectivity index (χ4n) is 5.10. The van der Waals surface area contributed by atoms with Crippen molar-refractivity contribution in [2.24, 2.45) is 11.7 Å². The average molecular weight is 560 g/mol. The molecule has 0 unspecified atom stereocenters. The molecule has 0 bridgehead atoms. The Kier molecular flexibility index (Phi) is 6.82. The number of fused-ring (bicyclic) bond motifs is 1. The van der Waals surface area contributed by atoms with Crippen LogP contribution in [-0.4, -0.2) is 49.6 Å². The van der Waals surface area contributed by atoms with E-state index in [1.807, 2.05) is 0 Å². The Labute approximate surface area is 233 Å². The molecule has 1 atom stereocenters. The van der Waals surface area contributed by atoms with Crippen molar-refractivity contribution in [2.45, 2.75) is 31.7 Å². The number of anilines is 1. The van der Waals surface area contributed by atoms with E-state index < -0.39 is 23.3 Å². The largest absolute Gasteiger partial charge is 0.451 e. The molecule has 1 saturated heterocycles. The number of para-hydroxylation sites is 1. The summed E-state index contributed by atoms with van der Waals surface area (Å²) >= 11 is 0. The molecule has 2 aromatic carbocycles. The van der Waals surface area contributed by atoms with Gasteiger partial charge in [0.15, 0.2) is 23.0 Å². The van der Waals surface area contributed by atoms with Crippen molar-refractivity contribution in [2.75, 3.05) is 18.8 Å². The first kappa shape index (κ1) is 26.4. The van der Waals surface area contributed by atoms with E-state index in [4.69, 9.17) is 21.3 Å². The highest BCUT2D eigenvalue weighted by molar-refractivity contribution is 6.17. The third-order valence-corrected chi connectivity index (χ3v) is 7.33. The number of primary amides is 1. The highest BCUT2D eigenvalue weighted by atomic mass is 19.1. The topological polar surface area (TPSA) is 142 Å². The van der Waals surface area contributed by atoms with Gasteiger partial charge in [-0.15, -0.1) is 0 Å². The second kappa shape index (κ2) is 10.6. The van der Waals surface area contributed by atoms with Crippen LogP contribution in [0.1, 0.15) is 31.7 Å². The second-order valence-electron chi connectivity index (χ2n) is 10.3. The molecule has 6 rings (SSSR count). The van der Waals surface area contributed by atoms with Gasteiger partial charge in [-0.2, -0.15) is 5.10 Å². The lowest BCUT2D eigenvalue weighted by Gasteiger charge is -2.33. The zero-order chi connectivity index (χ0) is 28.7. The minimum atomic E-state index is -0.810. The molecule has 0 spiro atoms. The molecule has 4 aromatic rings. The number of benzene rings is 2. The Morgan fingerprint density at radius 2 is 1.76 bits per heavy atom. The summed E-state index contributed by atoms with van der Waals surface area (Å²) in [5.41, 5.74) is 13.5. The number of nitrogen functional groups attached to an aromatic ring is 1. The number of nitrogens with two attached hydrogens (primary N) is 2. The molecule has 12 heteroatoms. The van der Waals surface area contributed by atoms with Crippen molar-refractivity contribution in [1.29, 1.82) is 0 Å². The molecule has 0 radical (unpaired) electrons. The smallest absolute Gasteiger partial charge is 0.259 e. The minimum absolute atomic E-state index is 0.0308. The van der Waals surface area contributed by atoms with Gasteiger partial charge in [-0.05, 0) is 68.0 Å². The number of hydrogen-bond donors (Lipinski definition) is 2. The standard InChI is InChI=1S/C29H27F2N7O3/c30-21-4-1-5-22(31)25(21)41-19-10-8-17(9-11-19)24-23-26(32)34-15-35-28(23)38(36-24)18-3-2-12-37(14-18)29(40)20(27(33)39)13-16-6-7-16/h1,4-5,8-11,13,15-16,18H,2-3,6-7,12,14H2,(H2,33,39)(H2,32,34,35)/b20-13+/t18-/m1/s1. The van der Waals surface area contributed by atoms with Crippen molar-refractivity contribution in [3.8, 4) is 22.8 Å². The predicted molar refractivity (Wildman–Crippen MR) is 146 cm³/mol. The molecule has 2 fully saturated rings. The number of likely N-dealkylation sites (tertiary alicyclic amines) is 1. The molecule has 2 amide bonds. The van der Waals surface area contributed by atoms with Crippen LogP contribution in [0.3, 0.4) is 0 Å². The molecule has 1 aliphatic carbocycles. The number of nitrogens with zero attached hydrogens (tertiary/aromatic N) is 5. The summed E-state index contributed by atoms with van der Waals surface area (Å²) in [6, 6.07) is 9.81. The molecule has 3 heterocycles. The quantitative estimate of drug-likeness (QED) is 0.197. The van der Waals surface area contributed by atoms with E-state index in [-0.39, 0.29) is 35.0 Å². The Hall–Kier alpha value is -4.87. The summed E-state index contributed by atoms with van der Waals surface area (Å²) in [7, 11) is 0. The molecule has 1 saturated carbocycles. The normalized spacial score (nSPS) is 17.6. The van der Waals surface area contributed by atoms with Crippen LogP contribution in [0.25, 0.3) is 22.3 Å². The molecule has 2 aromatic heterocycles. The van der Waals surface area contributed by atoms with Crippen LogP contribution in [-0.2, 0) is 9.59 Å². The first-order valence-corrected chi connectivity index (χ1v) is 13.3. The molecule has 2 aliphatic rings. The van der Waals surface area contributed by atoms with E-state index in [0.717, 1.165) is 31.4 Å². The lowest BCUT2D eigenvalue weighted by Crippen LogP contribution is -2.43. The predicted octanol–water partition coefficient (Wildman–Crippen LogP) is 4.13. The van der Waals surface area contributed by atoms with Gasteiger partial charge in [-0.25, -0.2) is 23.4 Å². The first-order valence-electron chi connectivity index (χ1n) is 13.3. The number of piperidine rings is 1. The van der Waals surface area contributed by atoms with Gasteiger partial charge in [0.05, 0.1) is 11.4 Å². The maximum Gasteiger partial charge on any atom is 0.259 e. The number of carbonyl (C=O) groups is 2. The number of ether oxygens (including phenoxy) is 1. The molecular weight excluding hydrogens is 532 g/mol. The minimum Gasteiger partial charge on any atom is -0.451 e.